The highest BCUT2D eigenvalue weighted by Crippen LogP contribution is 2.24. The molecule has 1 aromatic carbocycles. The van der Waals surface area contributed by atoms with Crippen LogP contribution in [0.5, 0.6) is 0 Å². The third-order valence-corrected chi connectivity index (χ3v) is 4.08. The van der Waals surface area contributed by atoms with Gasteiger partial charge in [0.2, 0.25) is 0 Å². The highest BCUT2D eigenvalue weighted by Gasteiger charge is 2.29. The lowest BCUT2D eigenvalue weighted by molar-refractivity contribution is -0.0550. The Kier molecular flexibility index (Phi) is 5.13. The summed E-state index contributed by atoms with van der Waals surface area (Å²) in [5, 5.41) is 3.32. The van der Waals surface area contributed by atoms with Gasteiger partial charge in [0, 0.05) is 19.1 Å². The van der Waals surface area contributed by atoms with Gasteiger partial charge in [-0.3, -0.25) is 4.90 Å². The molecule has 0 spiro atoms. The van der Waals surface area contributed by atoms with Gasteiger partial charge in [0.1, 0.15) is 5.82 Å². The lowest BCUT2D eigenvalue weighted by atomic mass is 9.98. The first-order chi connectivity index (χ1) is 9.52. The Morgan fingerprint density at radius 2 is 2.15 bits per heavy atom. The predicted molar refractivity (Wildman–Crippen MR) is 79.4 cm³/mol. The maximum atomic E-state index is 13.4. The molecule has 1 aliphatic rings. The second-order valence-corrected chi connectivity index (χ2v) is 5.77. The SMILES string of the molecule is CNC(c1ccc(F)c(C)c1)C1CN(C(C)C)CCO1. The minimum atomic E-state index is -0.156. The minimum Gasteiger partial charge on any atom is -0.374 e. The highest BCUT2D eigenvalue weighted by atomic mass is 19.1. The Morgan fingerprint density at radius 1 is 1.40 bits per heavy atom. The zero-order valence-electron chi connectivity index (χ0n) is 12.8. The van der Waals surface area contributed by atoms with Crippen molar-refractivity contribution in [2.75, 3.05) is 26.7 Å². The molecular formula is C16H25FN2O. The number of morpholine rings is 1. The molecule has 1 heterocycles. The van der Waals surface area contributed by atoms with Crippen LogP contribution in [0.25, 0.3) is 0 Å². The van der Waals surface area contributed by atoms with Crippen LogP contribution in [0.1, 0.15) is 31.0 Å². The summed E-state index contributed by atoms with van der Waals surface area (Å²) in [7, 11) is 1.93. The molecule has 0 radical (unpaired) electrons. The molecule has 0 amide bonds. The molecule has 1 N–H and O–H groups in total. The van der Waals surface area contributed by atoms with Gasteiger partial charge in [-0.1, -0.05) is 12.1 Å². The summed E-state index contributed by atoms with van der Waals surface area (Å²) in [6, 6.07) is 5.91. The van der Waals surface area contributed by atoms with E-state index in [-0.39, 0.29) is 18.0 Å². The van der Waals surface area contributed by atoms with Crippen LogP contribution < -0.4 is 5.32 Å². The summed E-state index contributed by atoms with van der Waals surface area (Å²) >= 11 is 0. The maximum absolute atomic E-state index is 13.4. The van der Waals surface area contributed by atoms with Crippen LogP contribution in [0.15, 0.2) is 18.2 Å². The zero-order chi connectivity index (χ0) is 14.7. The van der Waals surface area contributed by atoms with E-state index in [1.807, 2.05) is 19.2 Å². The summed E-state index contributed by atoms with van der Waals surface area (Å²) < 4.78 is 19.4. The molecule has 2 rings (SSSR count). The van der Waals surface area contributed by atoms with E-state index in [1.54, 1.807) is 6.92 Å². The summed E-state index contributed by atoms with van der Waals surface area (Å²) in [5.41, 5.74) is 1.77. The van der Waals surface area contributed by atoms with Crippen LogP contribution in [0.2, 0.25) is 0 Å². The van der Waals surface area contributed by atoms with Crippen LogP contribution in [-0.4, -0.2) is 43.8 Å². The lowest BCUT2D eigenvalue weighted by Gasteiger charge is -2.39. The Hall–Kier alpha value is -0.970. The standard InChI is InChI=1S/C16H25FN2O/c1-11(2)19-7-8-20-15(10-19)16(18-4)13-5-6-14(17)12(3)9-13/h5-6,9,11,15-16,18H,7-8,10H2,1-4H3. The topological polar surface area (TPSA) is 24.5 Å². The van der Waals surface area contributed by atoms with E-state index in [1.165, 1.54) is 6.07 Å². The fourth-order valence-electron chi connectivity index (χ4n) is 2.80. The van der Waals surface area contributed by atoms with E-state index in [4.69, 9.17) is 4.74 Å². The molecule has 2 atom stereocenters. The number of aryl methyl sites for hydroxylation is 1. The van der Waals surface area contributed by atoms with Crippen LogP contribution in [0, 0.1) is 12.7 Å². The molecule has 1 aromatic rings. The van der Waals surface area contributed by atoms with Crippen molar-refractivity contribution in [3.05, 3.63) is 35.1 Å². The average Bonchev–Trinajstić information content (AvgIpc) is 2.44. The summed E-state index contributed by atoms with van der Waals surface area (Å²) in [6.07, 6.45) is 0.0982. The van der Waals surface area contributed by atoms with Crippen LogP contribution >= 0.6 is 0 Å². The molecule has 0 aromatic heterocycles. The smallest absolute Gasteiger partial charge is 0.126 e. The van der Waals surface area contributed by atoms with E-state index >= 15 is 0 Å². The van der Waals surface area contributed by atoms with Crippen LogP contribution in [0.3, 0.4) is 0 Å². The van der Waals surface area contributed by atoms with Gasteiger partial charge in [-0.2, -0.15) is 0 Å². The van der Waals surface area contributed by atoms with Crippen molar-refractivity contribution in [2.24, 2.45) is 0 Å². The molecule has 1 saturated heterocycles. The second-order valence-electron chi connectivity index (χ2n) is 5.77. The molecule has 2 unspecified atom stereocenters. The summed E-state index contributed by atoms with van der Waals surface area (Å²) in [5.74, 6) is -0.156. The van der Waals surface area contributed by atoms with E-state index in [9.17, 15) is 4.39 Å². The molecule has 0 aliphatic carbocycles. The van der Waals surface area contributed by atoms with Crippen molar-refractivity contribution in [3.63, 3.8) is 0 Å². The highest BCUT2D eigenvalue weighted by molar-refractivity contribution is 5.27. The first-order valence-corrected chi connectivity index (χ1v) is 7.32. The van der Waals surface area contributed by atoms with Gasteiger partial charge in [0.05, 0.1) is 18.8 Å². The van der Waals surface area contributed by atoms with E-state index in [0.717, 1.165) is 25.3 Å². The molecule has 3 nitrogen and oxygen atoms in total. The number of ether oxygens (including phenoxy) is 1. The summed E-state index contributed by atoms with van der Waals surface area (Å²) in [4.78, 5) is 2.43. The van der Waals surface area contributed by atoms with Gasteiger partial charge >= 0.3 is 0 Å². The molecule has 0 bridgehead atoms. The van der Waals surface area contributed by atoms with Gasteiger partial charge in [0.15, 0.2) is 0 Å². The molecule has 0 saturated carbocycles. The molecule has 1 aliphatic heterocycles. The van der Waals surface area contributed by atoms with E-state index in [0.29, 0.717) is 11.6 Å². The molecular weight excluding hydrogens is 255 g/mol. The largest absolute Gasteiger partial charge is 0.374 e. The second kappa shape index (κ2) is 6.66. The van der Waals surface area contributed by atoms with Crippen molar-refractivity contribution < 1.29 is 9.13 Å². The van der Waals surface area contributed by atoms with Crippen LogP contribution in [-0.2, 0) is 4.74 Å². The third-order valence-electron chi connectivity index (χ3n) is 4.08. The van der Waals surface area contributed by atoms with Gasteiger partial charge in [-0.15, -0.1) is 0 Å². The van der Waals surface area contributed by atoms with Crippen LogP contribution in [0.4, 0.5) is 4.39 Å². The van der Waals surface area contributed by atoms with Crippen molar-refractivity contribution in [1.29, 1.82) is 0 Å². The van der Waals surface area contributed by atoms with Crippen molar-refractivity contribution in [3.8, 4) is 0 Å². The van der Waals surface area contributed by atoms with Gasteiger partial charge in [-0.05, 0) is 45.0 Å². The van der Waals surface area contributed by atoms with Crippen molar-refractivity contribution in [2.45, 2.75) is 39.0 Å². The van der Waals surface area contributed by atoms with Gasteiger partial charge in [0.25, 0.3) is 0 Å². The Morgan fingerprint density at radius 3 is 2.75 bits per heavy atom. The molecule has 1 fully saturated rings. The number of benzene rings is 1. The minimum absolute atomic E-state index is 0.0934. The number of likely N-dealkylation sites (N-methyl/N-ethyl adjacent to an activating group) is 1. The predicted octanol–water partition coefficient (Wildman–Crippen LogP) is 2.50. The normalized spacial score (nSPS) is 22.2. The van der Waals surface area contributed by atoms with E-state index < -0.39 is 0 Å². The van der Waals surface area contributed by atoms with E-state index in [2.05, 4.69) is 24.1 Å². The Balaban J connectivity index is 2.16. The average molecular weight is 280 g/mol. The number of rotatable bonds is 4. The Bertz CT molecular complexity index is 450. The number of nitrogens with zero attached hydrogens (tertiary/aromatic N) is 1. The monoisotopic (exact) mass is 280 g/mol. The number of hydrogen-bond donors (Lipinski definition) is 1. The molecule has 4 heteroatoms. The maximum Gasteiger partial charge on any atom is 0.126 e. The first kappa shape index (κ1) is 15.4. The number of nitrogens with one attached hydrogen (secondary N) is 1. The number of halogens is 1. The Labute approximate surface area is 121 Å². The third kappa shape index (κ3) is 3.37. The fourth-order valence-corrected chi connectivity index (χ4v) is 2.80. The van der Waals surface area contributed by atoms with Gasteiger partial charge < -0.3 is 10.1 Å². The first-order valence-electron chi connectivity index (χ1n) is 7.32. The molecule has 112 valence electrons. The molecule has 20 heavy (non-hydrogen) atoms. The quantitative estimate of drug-likeness (QED) is 0.917. The number of hydrogen-bond acceptors (Lipinski definition) is 3. The van der Waals surface area contributed by atoms with Crippen molar-refractivity contribution in [1.82, 2.24) is 10.2 Å². The fraction of sp³-hybridized carbons (Fsp3) is 0.625. The summed E-state index contributed by atoms with van der Waals surface area (Å²) in [6.45, 7) is 8.85. The van der Waals surface area contributed by atoms with Gasteiger partial charge in [-0.25, -0.2) is 4.39 Å². The van der Waals surface area contributed by atoms with Crippen molar-refractivity contribution >= 4 is 0 Å². The zero-order valence-corrected chi connectivity index (χ0v) is 12.8. The lowest BCUT2D eigenvalue weighted by Crippen LogP contribution is -2.49.